The summed E-state index contributed by atoms with van der Waals surface area (Å²) in [7, 11) is 0. The van der Waals surface area contributed by atoms with Gasteiger partial charge in [-0.1, -0.05) is 18.2 Å². The van der Waals surface area contributed by atoms with Crippen molar-refractivity contribution in [2.24, 2.45) is 0 Å². The van der Waals surface area contributed by atoms with Crippen molar-refractivity contribution in [3.8, 4) is 0 Å². The highest BCUT2D eigenvalue weighted by Gasteiger charge is 2.09. The lowest BCUT2D eigenvalue weighted by molar-refractivity contribution is 0.701. The molecule has 1 aromatic carbocycles. The summed E-state index contributed by atoms with van der Waals surface area (Å²) in [5, 5.41) is 15.1. The van der Waals surface area contributed by atoms with Crippen LogP contribution in [0.25, 0.3) is 0 Å². The Kier molecular flexibility index (Phi) is 4.98. The SMILES string of the molecule is CCNc1nnc(CCNc2ccccc2C)n1CC. The number of hydrogen-bond acceptors (Lipinski definition) is 4. The van der Waals surface area contributed by atoms with E-state index in [9.17, 15) is 0 Å². The maximum atomic E-state index is 4.27. The van der Waals surface area contributed by atoms with Crippen LogP contribution >= 0.6 is 0 Å². The molecule has 0 aliphatic rings. The highest BCUT2D eigenvalue weighted by Crippen LogP contribution is 2.13. The lowest BCUT2D eigenvalue weighted by Crippen LogP contribution is -2.12. The van der Waals surface area contributed by atoms with E-state index in [-0.39, 0.29) is 0 Å². The van der Waals surface area contributed by atoms with E-state index in [1.54, 1.807) is 0 Å². The van der Waals surface area contributed by atoms with Gasteiger partial charge in [0.2, 0.25) is 5.95 Å². The van der Waals surface area contributed by atoms with Crippen LogP contribution < -0.4 is 10.6 Å². The van der Waals surface area contributed by atoms with Crippen molar-refractivity contribution in [2.45, 2.75) is 33.7 Å². The molecule has 5 nitrogen and oxygen atoms in total. The minimum absolute atomic E-state index is 0.856. The van der Waals surface area contributed by atoms with E-state index in [4.69, 9.17) is 0 Å². The van der Waals surface area contributed by atoms with E-state index in [2.05, 4.69) is 64.4 Å². The highest BCUT2D eigenvalue weighted by atomic mass is 15.3. The standard InChI is InChI=1S/C15H23N5/c1-4-16-15-19-18-14(20(15)5-2)10-11-17-13-9-7-6-8-12(13)3/h6-9,17H,4-5,10-11H2,1-3H3,(H,16,19). The zero-order valence-corrected chi connectivity index (χ0v) is 12.5. The molecular formula is C15H23N5. The van der Waals surface area contributed by atoms with Gasteiger partial charge in [-0.2, -0.15) is 0 Å². The van der Waals surface area contributed by atoms with E-state index in [0.717, 1.165) is 37.8 Å². The van der Waals surface area contributed by atoms with E-state index in [1.807, 2.05) is 6.07 Å². The summed E-state index contributed by atoms with van der Waals surface area (Å²) in [6.07, 6.45) is 0.862. The average Bonchev–Trinajstić information content (AvgIpc) is 2.83. The van der Waals surface area contributed by atoms with Crippen LogP contribution in [0.4, 0.5) is 11.6 Å². The number of nitrogens with zero attached hydrogens (tertiary/aromatic N) is 3. The summed E-state index contributed by atoms with van der Waals surface area (Å²) in [5.74, 6) is 1.88. The molecule has 5 heteroatoms. The van der Waals surface area contributed by atoms with E-state index in [0.29, 0.717) is 0 Å². The minimum Gasteiger partial charge on any atom is -0.384 e. The van der Waals surface area contributed by atoms with Crippen molar-refractivity contribution in [1.29, 1.82) is 0 Å². The molecule has 0 saturated heterocycles. The Morgan fingerprint density at radius 1 is 1.10 bits per heavy atom. The summed E-state index contributed by atoms with van der Waals surface area (Å²) in [6.45, 7) is 8.89. The molecule has 20 heavy (non-hydrogen) atoms. The molecule has 0 spiro atoms. The van der Waals surface area contributed by atoms with Crippen molar-refractivity contribution >= 4 is 11.6 Å². The summed E-state index contributed by atoms with van der Waals surface area (Å²) < 4.78 is 2.13. The topological polar surface area (TPSA) is 54.8 Å². The van der Waals surface area contributed by atoms with Gasteiger partial charge in [-0.15, -0.1) is 10.2 Å². The Labute approximate surface area is 120 Å². The first kappa shape index (κ1) is 14.4. The molecule has 0 atom stereocenters. The first-order chi connectivity index (χ1) is 9.76. The number of nitrogens with one attached hydrogen (secondary N) is 2. The molecule has 2 N–H and O–H groups in total. The summed E-state index contributed by atoms with van der Waals surface area (Å²) in [4.78, 5) is 0. The van der Waals surface area contributed by atoms with Gasteiger partial charge in [0.15, 0.2) is 0 Å². The molecule has 0 aliphatic heterocycles. The predicted molar refractivity (Wildman–Crippen MR) is 83.2 cm³/mol. The van der Waals surface area contributed by atoms with E-state index in [1.165, 1.54) is 11.3 Å². The lowest BCUT2D eigenvalue weighted by atomic mass is 10.2. The molecule has 0 amide bonds. The molecular weight excluding hydrogens is 250 g/mol. The van der Waals surface area contributed by atoms with Gasteiger partial charge >= 0.3 is 0 Å². The molecule has 0 radical (unpaired) electrons. The predicted octanol–water partition coefficient (Wildman–Crippen LogP) is 2.69. The van der Waals surface area contributed by atoms with E-state index < -0.39 is 0 Å². The Bertz CT molecular complexity index is 547. The number of para-hydroxylation sites is 1. The van der Waals surface area contributed by atoms with Crippen LogP contribution in [0.3, 0.4) is 0 Å². The van der Waals surface area contributed by atoms with Crippen LogP contribution in [-0.2, 0) is 13.0 Å². The van der Waals surface area contributed by atoms with Gasteiger partial charge in [0, 0.05) is 31.7 Å². The second-order valence-corrected chi connectivity index (χ2v) is 4.71. The molecule has 0 saturated carbocycles. The average molecular weight is 273 g/mol. The third kappa shape index (κ3) is 3.29. The zero-order chi connectivity index (χ0) is 14.4. The fourth-order valence-corrected chi connectivity index (χ4v) is 2.22. The zero-order valence-electron chi connectivity index (χ0n) is 12.5. The first-order valence-electron chi connectivity index (χ1n) is 7.21. The maximum Gasteiger partial charge on any atom is 0.224 e. The number of rotatable bonds is 7. The van der Waals surface area contributed by atoms with Gasteiger partial charge in [-0.25, -0.2) is 0 Å². The number of anilines is 2. The number of aryl methyl sites for hydroxylation is 1. The minimum atomic E-state index is 0.856. The highest BCUT2D eigenvalue weighted by molar-refractivity contribution is 5.50. The van der Waals surface area contributed by atoms with Gasteiger partial charge in [0.1, 0.15) is 5.82 Å². The Morgan fingerprint density at radius 3 is 2.60 bits per heavy atom. The molecule has 2 rings (SSSR count). The number of benzene rings is 1. The molecule has 0 bridgehead atoms. The summed E-state index contributed by atoms with van der Waals surface area (Å²) >= 11 is 0. The van der Waals surface area contributed by atoms with Crippen LogP contribution in [-0.4, -0.2) is 27.9 Å². The fourth-order valence-electron chi connectivity index (χ4n) is 2.22. The van der Waals surface area contributed by atoms with Gasteiger partial charge in [0.25, 0.3) is 0 Å². The van der Waals surface area contributed by atoms with Crippen LogP contribution in [0.15, 0.2) is 24.3 Å². The summed E-state index contributed by atoms with van der Waals surface area (Å²) in [6, 6.07) is 8.31. The van der Waals surface area contributed by atoms with Crippen LogP contribution in [0.1, 0.15) is 25.2 Å². The van der Waals surface area contributed by atoms with Gasteiger partial charge in [0.05, 0.1) is 0 Å². The third-order valence-corrected chi connectivity index (χ3v) is 3.29. The molecule has 1 aromatic heterocycles. The van der Waals surface area contributed by atoms with Crippen molar-refractivity contribution < 1.29 is 0 Å². The second-order valence-electron chi connectivity index (χ2n) is 4.71. The van der Waals surface area contributed by atoms with Crippen molar-refractivity contribution in [1.82, 2.24) is 14.8 Å². The fraction of sp³-hybridized carbons (Fsp3) is 0.467. The van der Waals surface area contributed by atoms with E-state index >= 15 is 0 Å². The van der Waals surface area contributed by atoms with Gasteiger partial charge < -0.3 is 10.6 Å². The Morgan fingerprint density at radius 2 is 1.90 bits per heavy atom. The molecule has 108 valence electrons. The largest absolute Gasteiger partial charge is 0.384 e. The van der Waals surface area contributed by atoms with Gasteiger partial charge in [-0.3, -0.25) is 4.57 Å². The molecule has 0 fully saturated rings. The maximum absolute atomic E-state index is 4.27. The second kappa shape index (κ2) is 6.93. The van der Waals surface area contributed by atoms with Crippen LogP contribution in [0, 0.1) is 6.92 Å². The molecule has 1 heterocycles. The number of hydrogen-bond donors (Lipinski definition) is 2. The van der Waals surface area contributed by atoms with Gasteiger partial charge in [-0.05, 0) is 32.4 Å². The van der Waals surface area contributed by atoms with Crippen molar-refractivity contribution in [3.63, 3.8) is 0 Å². The monoisotopic (exact) mass is 273 g/mol. The van der Waals surface area contributed by atoms with Crippen molar-refractivity contribution in [3.05, 3.63) is 35.7 Å². The molecule has 2 aromatic rings. The Balaban J connectivity index is 1.96. The summed E-state index contributed by atoms with van der Waals surface area (Å²) in [5.41, 5.74) is 2.44. The molecule has 0 unspecified atom stereocenters. The van der Waals surface area contributed by atoms with Crippen LogP contribution in [0.5, 0.6) is 0 Å². The third-order valence-electron chi connectivity index (χ3n) is 3.29. The Hall–Kier alpha value is -2.04. The quantitative estimate of drug-likeness (QED) is 0.814. The number of aromatic nitrogens is 3. The van der Waals surface area contributed by atoms with Crippen molar-refractivity contribution in [2.75, 3.05) is 23.7 Å². The molecule has 0 aliphatic carbocycles. The van der Waals surface area contributed by atoms with Crippen LogP contribution in [0.2, 0.25) is 0 Å². The smallest absolute Gasteiger partial charge is 0.224 e. The first-order valence-corrected chi connectivity index (χ1v) is 7.21. The lowest BCUT2D eigenvalue weighted by Gasteiger charge is -2.10. The normalized spacial score (nSPS) is 10.6.